The third-order valence-electron chi connectivity index (χ3n) is 4.05. The first-order chi connectivity index (χ1) is 11.5. The average Bonchev–Trinajstić information content (AvgIpc) is 2.89. The van der Waals surface area contributed by atoms with Crippen molar-refractivity contribution in [2.45, 2.75) is 40.2 Å². The lowest BCUT2D eigenvalue weighted by molar-refractivity contribution is 0.487. The van der Waals surface area contributed by atoms with Crippen molar-refractivity contribution in [3.63, 3.8) is 0 Å². The van der Waals surface area contributed by atoms with E-state index in [0.717, 1.165) is 29.8 Å². The summed E-state index contributed by atoms with van der Waals surface area (Å²) < 4.78 is 0. The number of guanidine groups is 1. The molecule has 1 atom stereocenters. The van der Waals surface area contributed by atoms with Crippen molar-refractivity contribution in [1.29, 1.82) is 0 Å². The normalized spacial score (nSPS) is 13.2. The van der Waals surface area contributed by atoms with Crippen LogP contribution in [0.1, 0.15) is 40.9 Å². The van der Waals surface area contributed by atoms with Crippen LogP contribution in [0.4, 0.5) is 0 Å². The maximum Gasteiger partial charge on any atom is 0.191 e. The highest BCUT2D eigenvalue weighted by atomic mass is 32.1. The first-order valence-electron chi connectivity index (χ1n) is 8.28. The summed E-state index contributed by atoms with van der Waals surface area (Å²) in [5, 5.41) is 7.92. The molecule has 130 valence electrons. The van der Waals surface area contributed by atoms with Gasteiger partial charge in [0.05, 0.1) is 17.2 Å². The molecule has 0 aromatic carbocycles. The molecule has 5 nitrogen and oxygen atoms in total. The van der Waals surface area contributed by atoms with Gasteiger partial charge in [-0.3, -0.25) is 9.98 Å². The Morgan fingerprint density at radius 3 is 2.62 bits per heavy atom. The molecule has 0 radical (unpaired) electrons. The first kappa shape index (κ1) is 18.4. The van der Waals surface area contributed by atoms with Crippen LogP contribution < -0.4 is 10.6 Å². The third kappa shape index (κ3) is 5.03. The zero-order chi connectivity index (χ0) is 17.5. The molecule has 0 aliphatic heterocycles. The molecule has 2 N–H and O–H groups in total. The molecule has 0 saturated carbocycles. The fourth-order valence-corrected chi connectivity index (χ4v) is 3.54. The number of rotatable bonds is 6. The van der Waals surface area contributed by atoms with Crippen molar-refractivity contribution in [2.24, 2.45) is 10.9 Å². The molecule has 0 bridgehead atoms. The Morgan fingerprint density at radius 2 is 2.08 bits per heavy atom. The minimum atomic E-state index is 0.393. The second-order valence-corrected chi connectivity index (χ2v) is 7.47. The lowest BCUT2D eigenvalue weighted by Crippen LogP contribution is -2.39. The topological polar surface area (TPSA) is 62.2 Å². The summed E-state index contributed by atoms with van der Waals surface area (Å²) in [6.45, 7) is 10.1. The highest BCUT2D eigenvalue weighted by molar-refractivity contribution is 7.11. The van der Waals surface area contributed by atoms with Gasteiger partial charge in [0.15, 0.2) is 5.96 Å². The average molecular weight is 346 g/mol. The lowest BCUT2D eigenvalue weighted by atomic mass is 9.89. The molecule has 0 amide bonds. The Hall–Kier alpha value is -1.95. The van der Waals surface area contributed by atoms with Gasteiger partial charge in [-0.15, -0.1) is 11.3 Å². The van der Waals surface area contributed by atoms with Crippen LogP contribution in [0.5, 0.6) is 0 Å². The summed E-state index contributed by atoms with van der Waals surface area (Å²) in [5.74, 6) is 1.73. The van der Waals surface area contributed by atoms with Crippen molar-refractivity contribution in [2.75, 3.05) is 13.6 Å². The molecule has 2 rings (SSSR count). The van der Waals surface area contributed by atoms with E-state index in [1.165, 1.54) is 10.4 Å². The second-order valence-electron chi connectivity index (χ2n) is 6.19. The molecule has 6 heteroatoms. The van der Waals surface area contributed by atoms with Crippen molar-refractivity contribution in [1.82, 2.24) is 20.6 Å². The predicted molar refractivity (Wildman–Crippen MR) is 102 cm³/mol. The van der Waals surface area contributed by atoms with Crippen molar-refractivity contribution >= 4 is 17.3 Å². The Morgan fingerprint density at radius 1 is 1.29 bits per heavy atom. The van der Waals surface area contributed by atoms with Gasteiger partial charge in [0.25, 0.3) is 0 Å². The number of thiazole rings is 1. The Kier molecular flexibility index (Phi) is 6.73. The summed E-state index contributed by atoms with van der Waals surface area (Å²) >= 11 is 1.73. The minimum Gasteiger partial charge on any atom is -0.356 e. The summed E-state index contributed by atoms with van der Waals surface area (Å²) in [6, 6.07) is 4.13. The molecule has 2 aromatic rings. The van der Waals surface area contributed by atoms with E-state index in [4.69, 9.17) is 0 Å². The van der Waals surface area contributed by atoms with E-state index in [1.54, 1.807) is 18.4 Å². The number of nitrogens with zero attached hydrogens (tertiary/aromatic N) is 3. The van der Waals surface area contributed by atoms with Crippen LogP contribution in [0.25, 0.3) is 0 Å². The summed E-state index contributed by atoms with van der Waals surface area (Å²) in [6.07, 6.45) is 3.76. The number of aryl methyl sites for hydroxylation is 2. The summed E-state index contributed by atoms with van der Waals surface area (Å²) in [4.78, 5) is 14.3. The van der Waals surface area contributed by atoms with Crippen LogP contribution in [0.3, 0.4) is 0 Å². The fourth-order valence-electron chi connectivity index (χ4n) is 2.66. The zero-order valence-corrected chi connectivity index (χ0v) is 15.9. The van der Waals surface area contributed by atoms with Gasteiger partial charge in [0.1, 0.15) is 0 Å². The van der Waals surface area contributed by atoms with Gasteiger partial charge < -0.3 is 10.6 Å². The van der Waals surface area contributed by atoms with E-state index in [1.807, 2.05) is 32.3 Å². The van der Waals surface area contributed by atoms with E-state index in [9.17, 15) is 0 Å². The molecule has 0 aliphatic carbocycles. The Balaban J connectivity index is 1.93. The van der Waals surface area contributed by atoms with E-state index in [-0.39, 0.29) is 0 Å². The van der Waals surface area contributed by atoms with Gasteiger partial charge in [-0.1, -0.05) is 19.9 Å². The van der Waals surface area contributed by atoms with Crippen LogP contribution in [-0.4, -0.2) is 29.5 Å². The van der Waals surface area contributed by atoms with Crippen molar-refractivity contribution in [3.05, 3.63) is 45.7 Å². The molecular formula is C18H27N5S. The lowest BCUT2D eigenvalue weighted by Gasteiger charge is -2.22. The number of hydrogen-bond donors (Lipinski definition) is 2. The van der Waals surface area contributed by atoms with Gasteiger partial charge in [-0.05, 0) is 31.4 Å². The molecule has 2 heterocycles. The fraction of sp³-hybridized carbons (Fsp3) is 0.500. The van der Waals surface area contributed by atoms with Crippen LogP contribution in [0.15, 0.2) is 29.5 Å². The predicted octanol–water partition coefficient (Wildman–Crippen LogP) is 3.26. The largest absolute Gasteiger partial charge is 0.356 e. The summed E-state index contributed by atoms with van der Waals surface area (Å²) in [5.41, 5.74) is 2.35. The smallest absolute Gasteiger partial charge is 0.191 e. The number of hydrogen-bond acceptors (Lipinski definition) is 4. The highest BCUT2D eigenvalue weighted by Crippen LogP contribution is 2.22. The molecule has 0 fully saturated rings. The van der Waals surface area contributed by atoms with Crippen LogP contribution >= 0.6 is 11.3 Å². The maximum absolute atomic E-state index is 4.46. The number of nitrogens with one attached hydrogen (secondary N) is 2. The molecule has 0 spiro atoms. The molecule has 1 unspecified atom stereocenters. The molecular weight excluding hydrogens is 318 g/mol. The molecule has 2 aromatic heterocycles. The monoisotopic (exact) mass is 345 g/mol. The van der Waals surface area contributed by atoms with Crippen LogP contribution in [-0.2, 0) is 6.54 Å². The molecule has 0 aliphatic rings. The quantitative estimate of drug-likeness (QED) is 0.623. The van der Waals surface area contributed by atoms with Gasteiger partial charge >= 0.3 is 0 Å². The Labute approximate surface area is 148 Å². The highest BCUT2D eigenvalue weighted by Gasteiger charge is 2.16. The second kappa shape index (κ2) is 8.78. The number of pyridine rings is 1. The van der Waals surface area contributed by atoms with Crippen molar-refractivity contribution < 1.29 is 0 Å². The van der Waals surface area contributed by atoms with Crippen molar-refractivity contribution in [3.8, 4) is 0 Å². The van der Waals surface area contributed by atoms with E-state index in [2.05, 4.69) is 45.5 Å². The van der Waals surface area contributed by atoms with Gasteiger partial charge in [-0.2, -0.15) is 0 Å². The van der Waals surface area contributed by atoms with Crippen LogP contribution in [0, 0.1) is 19.8 Å². The van der Waals surface area contributed by atoms with E-state index >= 15 is 0 Å². The number of aromatic nitrogens is 2. The molecule has 0 saturated heterocycles. The number of aliphatic imine (C=N–C) groups is 1. The van der Waals surface area contributed by atoms with Crippen LogP contribution in [0.2, 0.25) is 0 Å². The SMILES string of the molecule is CN=C(NCc1sc(C)nc1C)NCC(c1cccnc1)C(C)C. The first-order valence-corrected chi connectivity index (χ1v) is 9.10. The van der Waals surface area contributed by atoms with Gasteiger partial charge in [0, 0.05) is 36.8 Å². The maximum atomic E-state index is 4.46. The zero-order valence-electron chi connectivity index (χ0n) is 15.1. The van der Waals surface area contributed by atoms with E-state index < -0.39 is 0 Å². The molecule has 24 heavy (non-hydrogen) atoms. The Bertz CT molecular complexity index is 663. The van der Waals surface area contributed by atoms with Gasteiger partial charge in [-0.25, -0.2) is 4.98 Å². The summed E-state index contributed by atoms with van der Waals surface area (Å²) in [7, 11) is 1.80. The minimum absolute atomic E-state index is 0.393. The third-order valence-corrected chi connectivity index (χ3v) is 5.12. The standard InChI is InChI=1S/C18H27N5S/c1-12(2)16(15-7-6-8-20-9-15)10-21-18(19-5)22-11-17-13(3)23-14(4)24-17/h6-9,12,16H,10-11H2,1-5H3,(H2,19,21,22). The van der Waals surface area contributed by atoms with E-state index in [0.29, 0.717) is 11.8 Å². The van der Waals surface area contributed by atoms with Gasteiger partial charge in [0.2, 0.25) is 0 Å².